The predicted molar refractivity (Wildman–Crippen MR) is 115 cm³/mol. The zero-order valence-corrected chi connectivity index (χ0v) is 17.7. The summed E-state index contributed by atoms with van der Waals surface area (Å²) in [6.07, 6.45) is -0.932. The summed E-state index contributed by atoms with van der Waals surface area (Å²) in [5.74, 6) is -0.691. The Kier molecular flexibility index (Phi) is 6.69. The van der Waals surface area contributed by atoms with Crippen LogP contribution in [0.1, 0.15) is 32.0 Å². The third kappa shape index (κ3) is 6.40. The van der Waals surface area contributed by atoms with E-state index in [4.69, 9.17) is 9.47 Å². The second-order valence-electron chi connectivity index (χ2n) is 8.03. The number of carbonyl (C=O) groups excluding carboxylic acids is 2. The zero-order chi connectivity index (χ0) is 22.4. The molecule has 0 aliphatic heterocycles. The molecule has 1 aromatic heterocycles. The van der Waals surface area contributed by atoms with Gasteiger partial charge in [0.05, 0.1) is 11.0 Å². The molecular formula is C23H25N3O5. The number of amides is 1. The molecule has 31 heavy (non-hydrogen) atoms. The minimum Gasteiger partial charge on any atom is -0.459 e. The van der Waals surface area contributed by atoms with Crippen LogP contribution in [-0.2, 0) is 27.3 Å². The molecule has 0 aliphatic carbocycles. The van der Waals surface area contributed by atoms with Crippen molar-refractivity contribution in [2.75, 3.05) is 0 Å². The van der Waals surface area contributed by atoms with E-state index in [0.29, 0.717) is 11.0 Å². The Morgan fingerprint density at radius 1 is 1.06 bits per heavy atom. The first-order valence-corrected chi connectivity index (χ1v) is 9.89. The number of H-pyrrole nitrogens is 1. The Morgan fingerprint density at radius 2 is 1.74 bits per heavy atom. The van der Waals surface area contributed by atoms with Crippen LogP contribution in [0.2, 0.25) is 0 Å². The third-order valence-corrected chi connectivity index (χ3v) is 4.27. The van der Waals surface area contributed by atoms with Gasteiger partial charge in [0.25, 0.3) is 5.56 Å². The summed E-state index contributed by atoms with van der Waals surface area (Å²) in [4.78, 5) is 44.6. The fourth-order valence-corrected chi connectivity index (χ4v) is 2.87. The monoisotopic (exact) mass is 423 g/mol. The van der Waals surface area contributed by atoms with Crippen molar-refractivity contribution in [1.82, 2.24) is 15.3 Å². The molecule has 1 amide bonds. The number of rotatable bonds is 6. The number of hydrogen-bond acceptors (Lipinski definition) is 6. The van der Waals surface area contributed by atoms with Gasteiger partial charge in [-0.3, -0.25) is 4.79 Å². The maximum atomic E-state index is 12.8. The van der Waals surface area contributed by atoms with E-state index < -0.39 is 29.3 Å². The van der Waals surface area contributed by atoms with Crippen molar-refractivity contribution in [2.24, 2.45) is 0 Å². The van der Waals surface area contributed by atoms with E-state index in [-0.39, 0.29) is 18.7 Å². The van der Waals surface area contributed by atoms with Crippen LogP contribution in [0.4, 0.5) is 4.79 Å². The molecular weight excluding hydrogens is 398 g/mol. The highest BCUT2D eigenvalue weighted by atomic mass is 16.6. The Bertz CT molecular complexity index is 1120. The molecule has 0 saturated carbocycles. The molecule has 0 aliphatic rings. The highest BCUT2D eigenvalue weighted by Crippen LogP contribution is 2.11. The molecule has 3 rings (SSSR count). The van der Waals surface area contributed by atoms with Gasteiger partial charge < -0.3 is 19.8 Å². The molecule has 0 spiro atoms. The van der Waals surface area contributed by atoms with Gasteiger partial charge in [0.15, 0.2) is 0 Å². The number of ether oxygens (including phenoxy) is 2. The molecule has 162 valence electrons. The van der Waals surface area contributed by atoms with Gasteiger partial charge in [-0.25, -0.2) is 14.6 Å². The lowest BCUT2D eigenvalue weighted by atomic mass is 10.1. The number of alkyl carbamates (subject to hydrolysis) is 1. The maximum absolute atomic E-state index is 12.8. The summed E-state index contributed by atoms with van der Waals surface area (Å²) in [6.45, 7) is 5.17. The zero-order valence-electron chi connectivity index (χ0n) is 17.7. The van der Waals surface area contributed by atoms with Gasteiger partial charge in [-0.2, -0.15) is 0 Å². The summed E-state index contributed by atoms with van der Waals surface area (Å²) in [5, 5.41) is 2.50. The van der Waals surface area contributed by atoms with Crippen molar-refractivity contribution in [1.29, 1.82) is 0 Å². The first-order valence-electron chi connectivity index (χ1n) is 9.89. The topological polar surface area (TPSA) is 110 Å². The number of para-hydroxylation sites is 2. The van der Waals surface area contributed by atoms with Crippen LogP contribution in [0.15, 0.2) is 59.4 Å². The van der Waals surface area contributed by atoms with Crippen LogP contribution in [-0.4, -0.2) is 33.7 Å². The highest BCUT2D eigenvalue weighted by Gasteiger charge is 2.27. The molecule has 3 aromatic rings. The quantitative estimate of drug-likeness (QED) is 0.590. The Labute approximate surface area is 179 Å². The second-order valence-corrected chi connectivity index (χ2v) is 8.03. The second kappa shape index (κ2) is 9.42. The molecule has 8 heteroatoms. The molecule has 1 atom stereocenters. The van der Waals surface area contributed by atoms with Gasteiger partial charge >= 0.3 is 12.1 Å². The number of esters is 1. The molecule has 2 aromatic carbocycles. The summed E-state index contributed by atoms with van der Waals surface area (Å²) < 4.78 is 10.6. The molecule has 0 bridgehead atoms. The SMILES string of the molecule is CC(C)(C)OC(=O)N[C@@H](Cc1nc2ccccc2[nH]c1=O)C(=O)OCc1ccccc1. The average molecular weight is 423 g/mol. The molecule has 0 saturated heterocycles. The third-order valence-electron chi connectivity index (χ3n) is 4.27. The number of benzene rings is 2. The Balaban J connectivity index is 1.80. The van der Waals surface area contributed by atoms with Crippen molar-refractivity contribution in [2.45, 2.75) is 45.4 Å². The lowest BCUT2D eigenvalue weighted by Crippen LogP contribution is -2.46. The summed E-state index contributed by atoms with van der Waals surface area (Å²) in [7, 11) is 0. The van der Waals surface area contributed by atoms with E-state index in [2.05, 4.69) is 15.3 Å². The number of fused-ring (bicyclic) bond motifs is 1. The summed E-state index contributed by atoms with van der Waals surface area (Å²) >= 11 is 0. The normalized spacial score (nSPS) is 12.2. The number of nitrogens with one attached hydrogen (secondary N) is 2. The van der Waals surface area contributed by atoms with Crippen molar-refractivity contribution in [3.8, 4) is 0 Å². The standard InChI is InChI=1S/C23H25N3O5/c1-23(2,3)31-22(29)26-19(21(28)30-14-15-9-5-4-6-10-15)13-18-20(27)25-17-12-8-7-11-16(17)24-18/h4-12,19H,13-14H2,1-3H3,(H,25,27)(H,26,29)/t19-/m0/s1. The van der Waals surface area contributed by atoms with E-state index in [1.165, 1.54) is 0 Å². The average Bonchev–Trinajstić information content (AvgIpc) is 2.71. The number of hydrogen-bond donors (Lipinski definition) is 2. The minimum atomic E-state index is -1.15. The first kappa shape index (κ1) is 22.0. The van der Waals surface area contributed by atoms with Crippen LogP contribution < -0.4 is 10.9 Å². The van der Waals surface area contributed by atoms with E-state index >= 15 is 0 Å². The molecule has 1 heterocycles. The maximum Gasteiger partial charge on any atom is 0.408 e. The highest BCUT2D eigenvalue weighted by molar-refractivity contribution is 5.82. The van der Waals surface area contributed by atoms with Gasteiger partial charge in [0.1, 0.15) is 23.9 Å². The van der Waals surface area contributed by atoms with E-state index in [9.17, 15) is 14.4 Å². The van der Waals surface area contributed by atoms with Gasteiger partial charge in [0.2, 0.25) is 0 Å². The molecule has 0 fully saturated rings. The molecule has 0 unspecified atom stereocenters. The molecule has 0 radical (unpaired) electrons. The van der Waals surface area contributed by atoms with Crippen LogP contribution in [0.5, 0.6) is 0 Å². The number of carbonyl (C=O) groups is 2. The first-order chi connectivity index (χ1) is 14.7. The largest absolute Gasteiger partial charge is 0.459 e. The van der Waals surface area contributed by atoms with Crippen molar-refractivity contribution < 1.29 is 19.1 Å². The van der Waals surface area contributed by atoms with Crippen LogP contribution >= 0.6 is 0 Å². The van der Waals surface area contributed by atoms with Crippen molar-refractivity contribution >= 4 is 23.1 Å². The van der Waals surface area contributed by atoms with Gasteiger partial charge in [-0.05, 0) is 38.5 Å². The fraction of sp³-hybridized carbons (Fsp3) is 0.304. The van der Waals surface area contributed by atoms with Crippen LogP contribution in [0, 0.1) is 0 Å². The van der Waals surface area contributed by atoms with Gasteiger partial charge in [-0.15, -0.1) is 0 Å². The van der Waals surface area contributed by atoms with E-state index in [0.717, 1.165) is 5.56 Å². The number of aromatic nitrogens is 2. The van der Waals surface area contributed by atoms with Crippen LogP contribution in [0.25, 0.3) is 11.0 Å². The van der Waals surface area contributed by atoms with Crippen LogP contribution in [0.3, 0.4) is 0 Å². The Hall–Kier alpha value is -3.68. The van der Waals surface area contributed by atoms with E-state index in [1.807, 2.05) is 30.3 Å². The van der Waals surface area contributed by atoms with E-state index in [1.54, 1.807) is 45.0 Å². The lowest BCUT2D eigenvalue weighted by Gasteiger charge is -2.22. The predicted octanol–water partition coefficient (Wildman–Crippen LogP) is 3.10. The lowest BCUT2D eigenvalue weighted by molar-refractivity contribution is -0.147. The Morgan fingerprint density at radius 3 is 2.45 bits per heavy atom. The summed E-state index contributed by atoms with van der Waals surface area (Å²) in [6, 6.07) is 15.1. The number of nitrogens with zero attached hydrogens (tertiary/aromatic N) is 1. The van der Waals surface area contributed by atoms with Gasteiger partial charge in [-0.1, -0.05) is 42.5 Å². The molecule has 2 N–H and O–H groups in total. The number of aromatic amines is 1. The summed E-state index contributed by atoms with van der Waals surface area (Å²) in [5.41, 5.74) is 0.877. The fourth-order valence-electron chi connectivity index (χ4n) is 2.87. The smallest absolute Gasteiger partial charge is 0.408 e. The van der Waals surface area contributed by atoms with Crippen molar-refractivity contribution in [3.63, 3.8) is 0 Å². The molecule has 8 nitrogen and oxygen atoms in total. The minimum absolute atomic E-state index is 0.0354. The van der Waals surface area contributed by atoms with Crippen molar-refractivity contribution in [3.05, 3.63) is 76.2 Å². The van der Waals surface area contributed by atoms with Gasteiger partial charge in [0, 0.05) is 6.42 Å².